The lowest BCUT2D eigenvalue weighted by Crippen LogP contribution is -2.02. The molecule has 1 aromatic carbocycles. The van der Waals surface area contributed by atoms with Crippen LogP contribution in [0.15, 0.2) is 24.3 Å². The van der Waals surface area contributed by atoms with E-state index >= 15 is 0 Å². The molecule has 64 valence electrons. The third kappa shape index (κ3) is 1.77. The first-order valence-electron chi connectivity index (χ1n) is 3.70. The fourth-order valence-corrected chi connectivity index (χ4v) is 1.15. The number of hydrogen-bond donors (Lipinski definition) is 0. The van der Waals surface area contributed by atoms with Crippen LogP contribution in [0, 0.1) is 0 Å². The molecule has 0 aliphatic heterocycles. The Morgan fingerprint density at radius 2 is 2.17 bits per heavy atom. The molecule has 0 amide bonds. The van der Waals surface area contributed by atoms with E-state index in [1.807, 2.05) is 19.1 Å². The molecule has 2 nitrogen and oxygen atoms in total. The van der Waals surface area contributed by atoms with E-state index in [9.17, 15) is 4.79 Å². The van der Waals surface area contributed by atoms with Crippen LogP contribution in [0.5, 0.6) is 0 Å². The quantitative estimate of drug-likeness (QED) is 0.706. The van der Waals surface area contributed by atoms with Crippen molar-refractivity contribution in [3.05, 3.63) is 35.4 Å². The zero-order valence-electron chi connectivity index (χ0n) is 6.71. The SMILES string of the molecule is CCc1ccccc1C(=O)OCl. The van der Waals surface area contributed by atoms with Crippen LogP contribution in [0.1, 0.15) is 22.8 Å². The van der Waals surface area contributed by atoms with Gasteiger partial charge in [0.25, 0.3) is 0 Å². The van der Waals surface area contributed by atoms with Crippen molar-refractivity contribution in [2.75, 3.05) is 0 Å². The highest BCUT2D eigenvalue weighted by Gasteiger charge is 2.09. The van der Waals surface area contributed by atoms with Crippen molar-refractivity contribution < 1.29 is 9.08 Å². The average Bonchev–Trinajstić information content (AvgIpc) is 2.16. The molecule has 1 aromatic rings. The second-order valence-corrected chi connectivity index (χ2v) is 2.53. The molecule has 0 N–H and O–H groups in total. The van der Waals surface area contributed by atoms with Crippen molar-refractivity contribution in [1.82, 2.24) is 0 Å². The van der Waals surface area contributed by atoms with Gasteiger partial charge in [0.2, 0.25) is 0 Å². The molecule has 0 aliphatic carbocycles. The maximum absolute atomic E-state index is 11.0. The molecule has 0 saturated heterocycles. The maximum Gasteiger partial charge on any atom is 0.356 e. The maximum atomic E-state index is 11.0. The van der Waals surface area contributed by atoms with Crippen molar-refractivity contribution in [2.45, 2.75) is 13.3 Å². The summed E-state index contributed by atoms with van der Waals surface area (Å²) in [6, 6.07) is 7.23. The predicted octanol–water partition coefficient (Wildman–Crippen LogP) is 2.56. The van der Waals surface area contributed by atoms with Crippen molar-refractivity contribution in [1.29, 1.82) is 0 Å². The summed E-state index contributed by atoms with van der Waals surface area (Å²) in [6.07, 6.45) is 0.794. The molecule has 12 heavy (non-hydrogen) atoms. The predicted molar refractivity (Wildman–Crippen MR) is 47.1 cm³/mol. The van der Waals surface area contributed by atoms with Crippen molar-refractivity contribution >= 4 is 17.8 Å². The average molecular weight is 185 g/mol. The number of carbonyl (C=O) groups excluding carboxylic acids is 1. The van der Waals surface area contributed by atoms with Crippen molar-refractivity contribution in [3.63, 3.8) is 0 Å². The van der Waals surface area contributed by atoms with Gasteiger partial charge in [-0.3, -0.25) is 0 Å². The van der Waals surface area contributed by atoms with Crippen LogP contribution in [-0.4, -0.2) is 5.97 Å². The van der Waals surface area contributed by atoms with Crippen LogP contribution in [0.3, 0.4) is 0 Å². The van der Waals surface area contributed by atoms with Crippen LogP contribution in [0.25, 0.3) is 0 Å². The molecular weight excluding hydrogens is 176 g/mol. The lowest BCUT2D eigenvalue weighted by atomic mass is 10.1. The molecule has 0 unspecified atom stereocenters. The van der Waals surface area contributed by atoms with E-state index < -0.39 is 5.97 Å². The van der Waals surface area contributed by atoms with Gasteiger partial charge in [-0.1, -0.05) is 25.1 Å². The summed E-state index contributed by atoms with van der Waals surface area (Å²) in [5.41, 5.74) is 1.48. The third-order valence-electron chi connectivity index (χ3n) is 1.69. The zero-order valence-corrected chi connectivity index (χ0v) is 7.47. The van der Waals surface area contributed by atoms with Gasteiger partial charge >= 0.3 is 5.97 Å². The van der Waals surface area contributed by atoms with E-state index in [0.29, 0.717) is 5.56 Å². The summed E-state index contributed by atoms with van der Waals surface area (Å²) in [5.74, 6) is -0.492. The van der Waals surface area contributed by atoms with Gasteiger partial charge in [0, 0.05) is 0 Å². The number of carbonyl (C=O) groups is 1. The third-order valence-corrected chi connectivity index (χ3v) is 1.83. The molecule has 0 radical (unpaired) electrons. The number of benzene rings is 1. The van der Waals surface area contributed by atoms with E-state index in [0.717, 1.165) is 12.0 Å². The van der Waals surface area contributed by atoms with Crippen LogP contribution < -0.4 is 0 Å². The molecule has 0 heterocycles. The number of hydrogen-bond acceptors (Lipinski definition) is 2. The van der Waals surface area contributed by atoms with Crippen molar-refractivity contribution in [2.24, 2.45) is 0 Å². The summed E-state index contributed by atoms with van der Waals surface area (Å²) < 4.78 is 4.11. The monoisotopic (exact) mass is 184 g/mol. The number of rotatable bonds is 2. The normalized spacial score (nSPS) is 9.50. The highest BCUT2D eigenvalue weighted by atomic mass is 35.5. The van der Waals surface area contributed by atoms with Crippen LogP contribution >= 0.6 is 11.9 Å². The first kappa shape index (κ1) is 9.07. The summed E-state index contributed by atoms with van der Waals surface area (Å²) in [4.78, 5) is 11.0. The molecule has 0 atom stereocenters. The molecule has 0 aromatic heterocycles. The fraction of sp³-hybridized carbons (Fsp3) is 0.222. The van der Waals surface area contributed by atoms with Gasteiger partial charge < -0.3 is 4.29 Å². The van der Waals surface area contributed by atoms with Gasteiger partial charge in [-0.15, -0.1) is 0 Å². The Labute approximate surface area is 76.3 Å². The van der Waals surface area contributed by atoms with Crippen LogP contribution in [0.4, 0.5) is 0 Å². The van der Waals surface area contributed by atoms with Crippen LogP contribution in [-0.2, 0) is 10.7 Å². The summed E-state index contributed by atoms with van der Waals surface area (Å²) in [7, 11) is 0. The molecule has 0 saturated carbocycles. The lowest BCUT2D eigenvalue weighted by Gasteiger charge is -2.02. The van der Waals surface area contributed by atoms with E-state index in [2.05, 4.69) is 4.29 Å². The Morgan fingerprint density at radius 1 is 1.50 bits per heavy atom. The Kier molecular flexibility index (Phi) is 3.11. The summed E-state index contributed by atoms with van der Waals surface area (Å²) >= 11 is 4.97. The Hall–Kier alpha value is -1.02. The standard InChI is InChI=1S/C9H9ClO2/c1-2-7-5-3-4-6-8(7)9(11)12-10/h3-6H,2H2,1H3. The smallest absolute Gasteiger partial charge is 0.343 e. The Bertz CT molecular complexity index is 284. The van der Waals surface area contributed by atoms with Crippen molar-refractivity contribution in [3.8, 4) is 0 Å². The minimum Gasteiger partial charge on any atom is -0.343 e. The molecule has 0 spiro atoms. The highest BCUT2D eigenvalue weighted by molar-refractivity contribution is 6.16. The van der Waals surface area contributed by atoms with Gasteiger partial charge in [-0.2, -0.15) is 0 Å². The second kappa shape index (κ2) is 4.12. The Morgan fingerprint density at radius 3 is 2.75 bits per heavy atom. The van der Waals surface area contributed by atoms with Gasteiger partial charge in [0.15, 0.2) is 0 Å². The topological polar surface area (TPSA) is 26.3 Å². The summed E-state index contributed by atoms with van der Waals surface area (Å²) in [5, 5.41) is 0. The molecule has 0 fully saturated rings. The van der Waals surface area contributed by atoms with Crippen LogP contribution in [0.2, 0.25) is 0 Å². The molecule has 1 rings (SSSR count). The van der Waals surface area contributed by atoms with Gasteiger partial charge in [0.05, 0.1) is 5.56 Å². The zero-order chi connectivity index (χ0) is 8.97. The van der Waals surface area contributed by atoms with E-state index in [1.165, 1.54) is 0 Å². The number of halogens is 1. The summed E-state index contributed by atoms with van der Waals surface area (Å²) in [6.45, 7) is 1.97. The molecule has 0 aliphatic rings. The lowest BCUT2D eigenvalue weighted by molar-refractivity contribution is 0.0750. The van der Waals surface area contributed by atoms with Gasteiger partial charge in [0.1, 0.15) is 11.9 Å². The first-order valence-corrected chi connectivity index (χ1v) is 4.01. The Balaban J connectivity index is 3.04. The van der Waals surface area contributed by atoms with E-state index in [-0.39, 0.29) is 0 Å². The van der Waals surface area contributed by atoms with Gasteiger partial charge in [-0.25, -0.2) is 4.79 Å². The fourth-order valence-electron chi connectivity index (χ4n) is 1.07. The minimum absolute atomic E-state index is 0.492. The van der Waals surface area contributed by atoms with E-state index in [4.69, 9.17) is 11.9 Å². The molecule has 0 bridgehead atoms. The second-order valence-electron chi connectivity index (χ2n) is 2.38. The first-order chi connectivity index (χ1) is 5.79. The van der Waals surface area contributed by atoms with E-state index in [1.54, 1.807) is 12.1 Å². The highest BCUT2D eigenvalue weighted by Crippen LogP contribution is 2.11. The minimum atomic E-state index is -0.492. The molecule has 3 heteroatoms. The molecular formula is C9H9ClO2. The largest absolute Gasteiger partial charge is 0.356 e. The van der Waals surface area contributed by atoms with Gasteiger partial charge in [-0.05, 0) is 18.1 Å². The number of aryl methyl sites for hydroxylation is 1.